The molecule has 2 heterocycles. The maximum atomic E-state index is 12.4. The lowest BCUT2D eigenvalue weighted by molar-refractivity contribution is -0.120. The number of hydrogen-bond acceptors (Lipinski definition) is 4. The molecule has 0 bridgehead atoms. The number of ketones is 1. The van der Waals surface area contributed by atoms with E-state index in [1.165, 1.54) is 0 Å². The van der Waals surface area contributed by atoms with E-state index >= 15 is 0 Å². The lowest BCUT2D eigenvalue weighted by atomic mass is 10.0. The first kappa shape index (κ1) is 15.7. The molecule has 3 rings (SSSR count). The highest BCUT2D eigenvalue weighted by molar-refractivity contribution is 5.97. The van der Waals surface area contributed by atoms with Crippen LogP contribution in [-0.2, 0) is 9.59 Å². The Morgan fingerprint density at radius 1 is 1.39 bits per heavy atom. The lowest BCUT2D eigenvalue weighted by Crippen LogP contribution is -2.35. The molecule has 2 atom stereocenters. The molecule has 6 heteroatoms. The second kappa shape index (κ2) is 6.12. The predicted octanol–water partition coefficient (Wildman–Crippen LogP) is 2.12. The minimum Gasteiger partial charge on any atom is -0.325 e. The zero-order chi connectivity index (χ0) is 16.6. The number of aromatic nitrogens is 2. The fraction of sp³-hybridized carbons (Fsp3) is 0.471. The number of benzene rings is 1. The van der Waals surface area contributed by atoms with Crippen LogP contribution in [-0.4, -0.2) is 34.1 Å². The Hall–Kier alpha value is -2.21. The molecular weight excluding hydrogens is 292 g/mol. The van der Waals surface area contributed by atoms with E-state index in [4.69, 9.17) is 0 Å². The van der Waals surface area contributed by atoms with Crippen molar-refractivity contribution in [1.82, 2.24) is 15.1 Å². The van der Waals surface area contributed by atoms with Gasteiger partial charge in [0.05, 0.1) is 17.8 Å². The Balaban J connectivity index is 1.75. The van der Waals surface area contributed by atoms with Crippen LogP contribution in [0.4, 0.5) is 5.69 Å². The van der Waals surface area contributed by atoms with Crippen LogP contribution in [0.3, 0.4) is 0 Å². The Morgan fingerprint density at radius 2 is 2.17 bits per heavy atom. The summed E-state index contributed by atoms with van der Waals surface area (Å²) in [6.07, 6.45) is 2.39. The zero-order valence-corrected chi connectivity index (χ0v) is 13.7. The van der Waals surface area contributed by atoms with Gasteiger partial charge in [-0.05, 0) is 45.4 Å². The van der Waals surface area contributed by atoms with Gasteiger partial charge in [0.2, 0.25) is 5.91 Å². The Morgan fingerprint density at radius 3 is 2.83 bits per heavy atom. The van der Waals surface area contributed by atoms with Crippen LogP contribution in [0.2, 0.25) is 0 Å². The fourth-order valence-corrected chi connectivity index (χ4v) is 3.00. The highest BCUT2D eigenvalue weighted by Gasteiger charge is 2.31. The van der Waals surface area contributed by atoms with E-state index in [2.05, 4.69) is 29.6 Å². The smallest absolute Gasteiger partial charge is 0.241 e. The molecule has 2 N–H and O–H groups in total. The molecule has 0 aliphatic carbocycles. The summed E-state index contributed by atoms with van der Waals surface area (Å²) >= 11 is 0. The molecule has 1 aromatic carbocycles. The maximum Gasteiger partial charge on any atom is 0.241 e. The van der Waals surface area contributed by atoms with Crippen LogP contribution in [0.5, 0.6) is 0 Å². The van der Waals surface area contributed by atoms with Gasteiger partial charge in [0, 0.05) is 29.6 Å². The Kier molecular flexibility index (Phi) is 4.17. The molecule has 2 aromatic rings. The lowest BCUT2D eigenvalue weighted by Gasteiger charge is -2.12. The molecule has 23 heavy (non-hydrogen) atoms. The van der Waals surface area contributed by atoms with Crippen LogP contribution in [0.15, 0.2) is 24.4 Å². The quantitative estimate of drug-likeness (QED) is 0.906. The first-order chi connectivity index (χ1) is 11.0. The number of hydrogen-bond donors (Lipinski definition) is 2. The van der Waals surface area contributed by atoms with Gasteiger partial charge in [-0.2, -0.15) is 5.10 Å². The van der Waals surface area contributed by atoms with Crippen molar-refractivity contribution in [3.05, 3.63) is 24.4 Å². The van der Waals surface area contributed by atoms with Crippen LogP contribution < -0.4 is 10.6 Å². The Bertz CT molecular complexity index is 750. The molecule has 1 fully saturated rings. The van der Waals surface area contributed by atoms with Crippen LogP contribution >= 0.6 is 0 Å². The van der Waals surface area contributed by atoms with Crippen molar-refractivity contribution in [3.8, 4) is 0 Å². The number of anilines is 1. The molecule has 1 amide bonds. The molecule has 1 saturated heterocycles. The standard InChI is InChI=1S/C17H22N4O2/c1-10(2)21-16-7-14(5-4-12(16)9-19-21)20-17(23)15-6-13(8-18-15)11(3)22/h4-5,7,9-10,13,15,18H,6,8H2,1-3H3,(H,20,23). The van der Waals surface area contributed by atoms with E-state index < -0.39 is 0 Å². The minimum atomic E-state index is -0.311. The number of nitrogens with one attached hydrogen (secondary N) is 2. The maximum absolute atomic E-state index is 12.4. The second-order valence-corrected chi connectivity index (χ2v) is 6.45. The van der Waals surface area contributed by atoms with Gasteiger partial charge in [-0.1, -0.05) is 0 Å². The molecule has 0 radical (unpaired) electrons. The third kappa shape index (κ3) is 3.12. The van der Waals surface area contributed by atoms with E-state index in [-0.39, 0.29) is 29.7 Å². The molecule has 0 saturated carbocycles. The van der Waals surface area contributed by atoms with E-state index in [9.17, 15) is 9.59 Å². The van der Waals surface area contributed by atoms with Crippen LogP contribution in [0.25, 0.3) is 10.9 Å². The highest BCUT2D eigenvalue weighted by atomic mass is 16.2. The van der Waals surface area contributed by atoms with Crippen LogP contribution in [0, 0.1) is 5.92 Å². The molecule has 1 aliphatic rings. The SMILES string of the molecule is CC(=O)C1CNC(C(=O)Nc2ccc3cnn(C(C)C)c3c2)C1. The summed E-state index contributed by atoms with van der Waals surface area (Å²) in [6.45, 7) is 6.30. The predicted molar refractivity (Wildman–Crippen MR) is 89.3 cm³/mol. The second-order valence-electron chi connectivity index (χ2n) is 6.45. The average molecular weight is 314 g/mol. The first-order valence-corrected chi connectivity index (χ1v) is 7.97. The summed E-state index contributed by atoms with van der Waals surface area (Å²) in [6, 6.07) is 5.72. The van der Waals surface area contributed by atoms with E-state index in [1.807, 2.05) is 29.1 Å². The number of Topliss-reactive ketones (excluding diaryl/α,β-unsaturated/α-hetero) is 1. The summed E-state index contributed by atoms with van der Waals surface area (Å²) in [7, 11) is 0. The number of carbonyl (C=O) groups excluding carboxylic acids is 2. The first-order valence-electron chi connectivity index (χ1n) is 7.97. The van der Waals surface area contributed by atoms with Crippen molar-refractivity contribution in [1.29, 1.82) is 0 Å². The Labute approximate surface area is 135 Å². The van der Waals surface area contributed by atoms with Crippen molar-refractivity contribution in [2.75, 3.05) is 11.9 Å². The number of rotatable bonds is 4. The minimum absolute atomic E-state index is 0.0596. The van der Waals surface area contributed by atoms with Crippen molar-refractivity contribution >= 4 is 28.3 Å². The molecule has 0 spiro atoms. The van der Waals surface area contributed by atoms with Crippen molar-refractivity contribution in [3.63, 3.8) is 0 Å². The summed E-state index contributed by atoms with van der Waals surface area (Å²) < 4.78 is 1.94. The normalized spacial score (nSPS) is 21.0. The summed E-state index contributed by atoms with van der Waals surface area (Å²) in [5.41, 5.74) is 1.75. The fourth-order valence-electron chi connectivity index (χ4n) is 3.00. The highest BCUT2D eigenvalue weighted by Crippen LogP contribution is 2.23. The van der Waals surface area contributed by atoms with Gasteiger partial charge in [0.15, 0.2) is 0 Å². The van der Waals surface area contributed by atoms with E-state index in [0.717, 1.165) is 16.6 Å². The third-order valence-electron chi connectivity index (χ3n) is 4.38. The van der Waals surface area contributed by atoms with Crippen molar-refractivity contribution < 1.29 is 9.59 Å². The molecule has 1 aromatic heterocycles. The topological polar surface area (TPSA) is 76.0 Å². The van der Waals surface area contributed by atoms with Gasteiger partial charge in [0.1, 0.15) is 5.78 Å². The average Bonchev–Trinajstić information content (AvgIpc) is 3.13. The summed E-state index contributed by atoms with van der Waals surface area (Å²) in [5.74, 6) is -0.0191. The van der Waals surface area contributed by atoms with Gasteiger partial charge in [-0.3, -0.25) is 14.3 Å². The van der Waals surface area contributed by atoms with Gasteiger partial charge in [-0.15, -0.1) is 0 Å². The number of amides is 1. The van der Waals surface area contributed by atoms with Gasteiger partial charge in [-0.25, -0.2) is 0 Å². The molecule has 2 unspecified atom stereocenters. The monoisotopic (exact) mass is 314 g/mol. The summed E-state index contributed by atoms with van der Waals surface area (Å²) in [5, 5.41) is 11.5. The van der Waals surface area contributed by atoms with Gasteiger partial charge in [0.25, 0.3) is 0 Å². The molecular formula is C17H22N4O2. The van der Waals surface area contributed by atoms with Crippen molar-refractivity contribution in [2.45, 2.75) is 39.3 Å². The molecule has 1 aliphatic heterocycles. The number of fused-ring (bicyclic) bond motifs is 1. The van der Waals surface area contributed by atoms with E-state index in [0.29, 0.717) is 13.0 Å². The van der Waals surface area contributed by atoms with Gasteiger partial charge < -0.3 is 10.6 Å². The zero-order valence-electron chi connectivity index (χ0n) is 13.7. The summed E-state index contributed by atoms with van der Waals surface area (Å²) in [4.78, 5) is 23.8. The third-order valence-corrected chi connectivity index (χ3v) is 4.38. The van der Waals surface area contributed by atoms with Crippen LogP contribution in [0.1, 0.15) is 33.2 Å². The molecule has 6 nitrogen and oxygen atoms in total. The number of carbonyl (C=O) groups is 2. The van der Waals surface area contributed by atoms with Gasteiger partial charge >= 0.3 is 0 Å². The largest absolute Gasteiger partial charge is 0.325 e. The molecule has 122 valence electrons. The van der Waals surface area contributed by atoms with Crippen molar-refractivity contribution in [2.24, 2.45) is 5.92 Å². The number of nitrogens with zero attached hydrogens (tertiary/aromatic N) is 2. The van der Waals surface area contributed by atoms with E-state index in [1.54, 1.807) is 6.92 Å².